The first-order valence-corrected chi connectivity index (χ1v) is 7.87. The van der Waals surface area contributed by atoms with Gasteiger partial charge in [0.2, 0.25) is 0 Å². The standard InChI is InChI=1S/C16H14N2O3S/c19-11(7-8-12-4-3-9-21-12)10-22-16-17-14-6-2-1-5-13(14)15(20)18-16/h1-6,9H,7-8,10H2,(H,17,18,20). The van der Waals surface area contributed by atoms with Crippen LogP contribution in [0, 0.1) is 0 Å². The van der Waals surface area contributed by atoms with Crippen LogP contribution in [0.25, 0.3) is 10.9 Å². The van der Waals surface area contributed by atoms with Crippen LogP contribution < -0.4 is 5.56 Å². The van der Waals surface area contributed by atoms with Gasteiger partial charge in [-0.2, -0.15) is 0 Å². The summed E-state index contributed by atoms with van der Waals surface area (Å²) >= 11 is 1.25. The molecule has 0 saturated heterocycles. The molecule has 0 radical (unpaired) electrons. The van der Waals surface area contributed by atoms with E-state index in [9.17, 15) is 9.59 Å². The Morgan fingerprint density at radius 3 is 2.91 bits per heavy atom. The molecule has 0 atom stereocenters. The van der Waals surface area contributed by atoms with E-state index in [1.165, 1.54) is 11.8 Å². The molecule has 3 aromatic rings. The van der Waals surface area contributed by atoms with Gasteiger partial charge in [0.15, 0.2) is 5.16 Å². The van der Waals surface area contributed by atoms with Crippen molar-refractivity contribution in [3.63, 3.8) is 0 Å². The minimum Gasteiger partial charge on any atom is -0.469 e. The molecule has 0 unspecified atom stereocenters. The molecule has 0 aliphatic carbocycles. The number of benzene rings is 1. The zero-order valence-electron chi connectivity index (χ0n) is 11.7. The Morgan fingerprint density at radius 2 is 2.09 bits per heavy atom. The number of carbonyl (C=O) groups is 1. The van der Waals surface area contributed by atoms with Crippen molar-refractivity contribution in [3.05, 3.63) is 58.8 Å². The number of H-pyrrole nitrogens is 1. The monoisotopic (exact) mass is 314 g/mol. The van der Waals surface area contributed by atoms with Crippen LogP contribution >= 0.6 is 11.8 Å². The predicted molar refractivity (Wildman–Crippen MR) is 85.1 cm³/mol. The van der Waals surface area contributed by atoms with Gasteiger partial charge in [0.25, 0.3) is 5.56 Å². The van der Waals surface area contributed by atoms with Gasteiger partial charge in [-0.15, -0.1) is 0 Å². The molecule has 0 spiro atoms. The highest BCUT2D eigenvalue weighted by molar-refractivity contribution is 7.99. The van der Waals surface area contributed by atoms with Crippen LogP contribution in [0.5, 0.6) is 0 Å². The number of para-hydroxylation sites is 1. The number of rotatable bonds is 6. The number of carbonyl (C=O) groups excluding carboxylic acids is 1. The smallest absolute Gasteiger partial charge is 0.259 e. The van der Waals surface area contributed by atoms with Crippen LogP contribution in [0.1, 0.15) is 12.2 Å². The van der Waals surface area contributed by atoms with Crippen LogP contribution in [-0.4, -0.2) is 21.5 Å². The number of furan rings is 1. The number of fused-ring (bicyclic) bond motifs is 1. The van der Waals surface area contributed by atoms with Gasteiger partial charge in [-0.25, -0.2) is 4.98 Å². The Kier molecular flexibility index (Phi) is 4.39. The maximum absolute atomic E-state index is 11.9. The molecule has 0 aliphatic heterocycles. The summed E-state index contributed by atoms with van der Waals surface area (Å²) < 4.78 is 5.19. The second-order valence-electron chi connectivity index (χ2n) is 4.79. The molecule has 3 rings (SSSR count). The van der Waals surface area contributed by atoms with Crippen LogP contribution in [0.4, 0.5) is 0 Å². The average Bonchev–Trinajstić information content (AvgIpc) is 3.04. The Morgan fingerprint density at radius 1 is 1.23 bits per heavy atom. The van der Waals surface area contributed by atoms with Crippen molar-refractivity contribution in [1.82, 2.24) is 9.97 Å². The molecule has 112 valence electrons. The Balaban J connectivity index is 1.61. The van der Waals surface area contributed by atoms with Crippen molar-refractivity contribution in [3.8, 4) is 0 Å². The third-order valence-corrected chi connectivity index (χ3v) is 4.12. The molecule has 0 fully saturated rings. The molecule has 22 heavy (non-hydrogen) atoms. The van der Waals surface area contributed by atoms with Crippen LogP contribution in [0.3, 0.4) is 0 Å². The van der Waals surface area contributed by atoms with E-state index in [0.717, 1.165) is 5.76 Å². The molecule has 1 N–H and O–H groups in total. The predicted octanol–water partition coefficient (Wildman–Crippen LogP) is 2.81. The summed E-state index contributed by atoms with van der Waals surface area (Å²) in [6.07, 6.45) is 2.60. The van der Waals surface area contributed by atoms with Crippen molar-refractivity contribution in [2.24, 2.45) is 0 Å². The third kappa shape index (κ3) is 3.46. The zero-order chi connectivity index (χ0) is 15.4. The third-order valence-electron chi connectivity index (χ3n) is 3.19. The van der Waals surface area contributed by atoms with E-state index in [1.54, 1.807) is 30.5 Å². The molecular formula is C16H14N2O3S. The summed E-state index contributed by atoms with van der Waals surface area (Å²) in [5.41, 5.74) is 0.452. The fourth-order valence-electron chi connectivity index (χ4n) is 2.07. The van der Waals surface area contributed by atoms with E-state index in [-0.39, 0.29) is 17.1 Å². The number of thioether (sulfide) groups is 1. The lowest BCUT2D eigenvalue weighted by molar-refractivity contribution is -0.116. The van der Waals surface area contributed by atoms with Gasteiger partial charge in [0, 0.05) is 12.8 Å². The lowest BCUT2D eigenvalue weighted by Crippen LogP contribution is -2.10. The van der Waals surface area contributed by atoms with Gasteiger partial charge in [0.05, 0.1) is 22.9 Å². The number of nitrogens with zero attached hydrogens (tertiary/aromatic N) is 1. The van der Waals surface area contributed by atoms with Crippen molar-refractivity contribution >= 4 is 28.4 Å². The molecule has 0 aliphatic rings. The lowest BCUT2D eigenvalue weighted by atomic mass is 10.2. The van der Waals surface area contributed by atoms with Crippen molar-refractivity contribution in [2.45, 2.75) is 18.0 Å². The summed E-state index contributed by atoms with van der Waals surface area (Å²) in [4.78, 5) is 30.9. The van der Waals surface area contributed by atoms with E-state index in [0.29, 0.717) is 28.9 Å². The second kappa shape index (κ2) is 6.62. The molecule has 5 nitrogen and oxygen atoms in total. The fraction of sp³-hybridized carbons (Fsp3) is 0.188. The van der Waals surface area contributed by atoms with Gasteiger partial charge in [-0.1, -0.05) is 23.9 Å². The topological polar surface area (TPSA) is 76.0 Å². The molecule has 2 heterocycles. The first-order chi connectivity index (χ1) is 10.7. The molecule has 0 bridgehead atoms. The summed E-state index contributed by atoms with van der Waals surface area (Å²) in [6.45, 7) is 0. The van der Waals surface area contributed by atoms with E-state index in [2.05, 4.69) is 9.97 Å². The molecule has 2 aromatic heterocycles. The molecule has 0 amide bonds. The molecular weight excluding hydrogens is 300 g/mol. The highest BCUT2D eigenvalue weighted by atomic mass is 32.2. The van der Waals surface area contributed by atoms with Crippen LogP contribution in [0.15, 0.2) is 57.0 Å². The maximum atomic E-state index is 11.9. The largest absolute Gasteiger partial charge is 0.469 e. The Bertz CT molecular complexity index is 840. The second-order valence-corrected chi connectivity index (χ2v) is 5.76. The van der Waals surface area contributed by atoms with Crippen molar-refractivity contribution in [2.75, 3.05) is 5.75 Å². The average molecular weight is 314 g/mol. The normalized spacial score (nSPS) is 10.9. The first kappa shape index (κ1) is 14.6. The number of hydrogen-bond donors (Lipinski definition) is 1. The lowest BCUT2D eigenvalue weighted by Gasteiger charge is -2.02. The highest BCUT2D eigenvalue weighted by Gasteiger charge is 2.08. The number of nitrogens with one attached hydrogen (secondary N) is 1. The molecule has 0 saturated carbocycles. The number of Topliss-reactive ketones (excluding diaryl/α,β-unsaturated/α-hetero) is 1. The summed E-state index contributed by atoms with van der Waals surface area (Å²) in [6, 6.07) is 10.8. The summed E-state index contributed by atoms with van der Waals surface area (Å²) in [7, 11) is 0. The number of aromatic amines is 1. The Labute approximate surface area is 130 Å². The minimum absolute atomic E-state index is 0.0946. The fourth-order valence-corrected chi connectivity index (χ4v) is 2.84. The highest BCUT2D eigenvalue weighted by Crippen LogP contribution is 2.15. The number of ketones is 1. The van der Waals surface area contributed by atoms with Gasteiger partial charge in [-0.05, 0) is 24.3 Å². The zero-order valence-corrected chi connectivity index (χ0v) is 12.6. The van der Waals surface area contributed by atoms with Gasteiger partial charge < -0.3 is 9.40 Å². The van der Waals surface area contributed by atoms with Crippen LogP contribution in [0.2, 0.25) is 0 Å². The summed E-state index contributed by atoms with van der Waals surface area (Å²) in [5.74, 6) is 1.18. The SMILES string of the molecule is O=C(CCc1ccco1)CSc1nc2ccccc2c(=O)[nH]1. The first-order valence-electron chi connectivity index (χ1n) is 6.88. The van der Waals surface area contributed by atoms with Crippen LogP contribution in [-0.2, 0) is 11.2 Å². The maximum Gasteiger partial charge on any atom is 0.259 e. The van der Waals surface area contributed by atoms with E-state index < -0.39 is 0 Å². The number of aryl methyl sites for hydroxylation is 1. The number of hydrogen-bond acceptors (Lipinski definition) is 5. The van der Waals surface area contributed by atoms with E-state index >= 15 is 0 Å². The van der Waals surface area contributed by atoms with Gasteiger partial charge in [-0.3, -0.25) is 9.59 Å². The minimum atomic E-state index is -0.184. The summed E-state index contributed by atoms with van der Waals surface area (Å²) in [5, 5.41) is 1.02. The van der Waals surface area contributed by atoms with Crippen molar-refractivity contribution < 1.29 is 9.21 Å². The Hall–Kier alpha value is -2.34. The van der Waals surface area contributed by atoms with Gasteiger partial charge >= 0.3 is 0 Å². The quantitative estimate of drug-likeness (QED) is 0.559. The van der Waals surface area contributed by atoms with Gasteiger partial charge in [0.1, 0.15) is 11.5 Å². The molecule has 1 aromatic carbocycles. The number of aromatic nitrogens is 2. The van der Waals surface area contributed by atoms with Crippen molar-refractivity contribution in [1.29, 1.82) is 0 Å². The molecule has 6 heteroatoms. The van der Waals surface area contributed by atoms with E-state index in [1.807, 2.05) is 12.1 Å². The van der Waals surface area contributed by atoms with E-state index in [4.69, 9.17) is 4.42 Å².